The number of ether oxygens (including phenoxy) is 1. The molecule has 0 amide bonds. The third-order valence-corrected chi connectivity index (χ3v) is 3.83. The van der Waals surface area contributed by atoms with Crippen molar-refractivity contribution in [1.29, 1.82) is 0 Å². The minimum atomic E-state index is 0.232. The Labute approximate surface area is 125 Å². The Balaban J connectivity index is 0. The first-order chi connectivity index (χ1) is 8.37. The fourth-order valence-corrected chi connectivity index (χ4v) is 1.89. The molecule has 18 heavy (non-hydrogen) atoms. The Hall–Kier alpha value is 0.0700. The van der Waals surface area contributed by atoms with Gasteiger partial charge in [-0.05, 0) is 40.0 Å². The second-order valence-corrected chi connectivity index (χ2v) is 5.89. The quantitative estimate of drug-likeness (QED) is 0.402. The number of quaternary nitrogens is 1. The standard InChI is InChI=1S/C8H20N.C6H12OS2/c1-5-9(6-2,7-3)8-4;1-5(2)3-4-7-6(8)9/h5-8H2,1-4H3;5H,3-4H2,1-2H3,(H,8,9)/q+1;/p-1. The van der Waals surface area contributed by atoms with Crippen LogP contribution in [0.25, 0.3) is 0 Å². The Morgan fingerprint density at radius 2 is 1.44 bits per heavy atom. The highest BCUT2D eigenvalue weighted by Gasteiger charge is 2.16. The van der Waals surface area contributed by atoms with E-state index < -0.39 is 0 Å². The van der Waals surface area contributed by atoms with Crippen LogP contribution in [-0.4, -0.2) is 41.7 Å². The molecular formula is C14H31NOS2. The van der Waals surface area contributed by atoms with Crippen LogP contribution in [0, 0.1) is 5.92 Å². The van der Waals surface area contributed by atoms with Crippen molar-refractivity contribution in [3.8, 4) is 0 Å². The molecule has 0 unspecified atom stereocenters. The molecule has 110 valence electrons. The molecule has 0 spiro atoms. The Morgan fingerprint density at radius 3 is 1.61 bits per heavy atom. The first-order valence-corrected chi connectivity index (χ1v) is 7.87. The Bertz CT molecular complexity index is 186. The van der Waals surface area contributed by atoms with Crippen LogP contribution in [0.4, 0.5) is 0 Å². The van der Waals surface area contributed by atoms with E-state index in [2.05, 4.69) is 66.4 Å². The molecule has 0 heterocycles. The van der Waals surface area contributed by atoms with E-state index in [1.165, 1.54) is 30.7 Å². The molecule has 0 aromatic heterocycles. The summed E-state index contributed by atoms with van der Waals surface area (Å²) in [6.45, 7) is 19.2. The van der Waals surface area contributed by atoms with E-state index in [9.17, 15) is 0 Å². The minimum absolute atomic E-state index is 0.232. The molecule has 4 heteroatoms. The number of rotatable bonds is 7. The van der Waals surface area contributed by atoms with E-state index in [1.54, 1.807) is 0 Å². The molecule has 0 rings (SSSR count). The minimum Gasteiger partial charge on any atom is -0.514 e. The lowest BCUT2D eigenvalue weighted by Gasteiger charge is -2.34. The van der Waals surface area contributed by atoms with Crippen molar-refractivity contribution in [1.82, 2.24) is 0 Å². The largest absolute Gasteiger partial charge is 0.514 e. The van der Waals surface area contributed by atoms with Crippen molar-refractivity contribution in [2.45, 2.75) is 48.0 Å². The SMILES string of the molecule is CC(C)CCOC(=S)[S-].CC[N+](CC)(CC)CC. The van der Waals surface area contributed by atoms with Crippen LogP contribution in [0.15, 0.2) is 0 Å². The molecule has 0 fully saturated rings. The van der Waals surface area contributed by atoms with Crippen LogP contribution in [0.1, 0.15) is 48.0 Å². The summed E-state index contributed by atoms with van der Waals surface area (Å²) in [5.41, 5.74) is 0. The van der Waals surface area contributed by atoms with Crippen molar-refractivity contribution in [2.24, 2.45) is 5.92 Å². The molecule has 0 aromatic rings. The molecular weight excluding hydrogens is 262 g/mol. The number of nitrogens with zero attached hydrogens (tertiary/aromatic N) is 1. The van der Waals surface area contributed by atoms with Crippen molar-refractivity contribution in [3.05, 3.63) is 0 Å². The zero-order valence-electron chi connectivity index (χ0n) is 13.0. The van der Waals surface area contributed by atoms with Gasteiger partial charge in [0.2, 0.25) is 0 Å². The first-order valence-electron chi connectivity index (χ1n) is 7.06. The topological polar surface area (TPSA) is 9.23 Å². The maximum Gasteiger partial charge on any atom is 0.0861 e. The fourth-order valence-electron chi connectivity index (χ4n) is 1.72. The molecule has 0 saturated carbocycles. The number of thiocarbonyl (C=S) groups is 1. The summed E-state index contributed by atoms with van der Waals surface area (Å²) in [4.78, 5) is 0. The van der Waals surface area contributed by atoms with Gasteiger partial charge in [-0.25, -0.2) is 0 Å². The van der Waals surface area contributed by atoms with Crippen LogP contribution >= 0.6 is 12.2 Å². The van der Waals surface area contributed by atoms with E-state index in [4.69, 9.17) is 4.74 Å². The number of hydrogen-bond donors (Lipinski definition) is 0. The van der Waals surface area contributed by atoms with Gasteiger partial charge in [0.05, 0.1) is 32.8 Å². The van der Waals surface area contributed by atoms with Gasteiger partial charge in [0.15, 0.2) is 0 Å². The predicted octanol–water partition coefficient (Wildman–Crippen LogP) is 3.76. The summed E-state index contributed by atoms with van der Waals surface area (Å²) in [5, 5.41) is 0. The predicted molar refractivity (Wildman–Crippen MR) is 87.8 cm³/mol. The summed E-state index contributed by atoms with van der Waals surface area (Å²) in [7, 11) is 0. The van der Waals surface area contributed by atoms with Gasteiger partial charge >= 0.3 is 0 Å². The van der Waals surface area contributed by atoms with E-state index >= 15 is 0 Å². The number of hydrogen-bond acceptors (Lipinski definition) is 3. The fraction of sp³-hybridized carbons (Fsp3) is 0.929. The normalized spacial score (nSPS) is 10.8. The average Bonchev–Trinajstić information content (AvgIpc) is 2.32. The zero-order chi connectivity index (χ0) is 14.6. The van der Waals surface area contributed by atoms with Gasteiger partial charge in [-0.15, -0.1) is 0 Å². The molecule has 0 bridgehead atoms. The summed E-state index contributed by atoms with van der Waals surface area (Å²) >= 11 is 9.08. The van der Waals surface area contributed by atoms with E-state index in [1.807, 2.05) is 0 Å². The van der Waals surface area contributed by atoms with E-state index in [-0.39, 0.29) is 4.38 Å². The third kappa shape index (κ3) is 11.2. The monoisotopic (exact) mass is 293 g/mol. The lowest BCUT2D eigenvalue weighted by atomic mass is 10.1. The summed E-state index contributed by atoms with van der Waals surface area (Å²) in [6, 6.07) is 0. The van der Waals surface area contributed by atoms with Crippen LogP contribution in [0.3, 0.4) is 0 Å². The third-order valence-electron chi connectivity index (χ3n) is 3.60. The highest BCUT2D eigenvalue weighted by molar-refractivity contribution is 7.99. The maximum absolute atomic E-state index is 4.90. The van der Waals surface area contributed by atoms with Crippen molar-refractivity contribution < 1.29 is 9.22 Å². The second kappa shape index (κ2) is 12.1. The van der Waals surface area contributed by atoms with Gasteiger partial charge < -0.3 is 34.1 Å². The van der Waals surface area contributed by atoms with Crippen molar-refractivity contribution in [2.75, 3.05) is 32.8 Å². The second-order valence-electron chi connectivity index (χ2n) is 4.89. The average molecular weight is 294 g/mol. The summed E-state index contributed by atoms with van der Waals surface area (Å²) in [6.07, 6.45) is 1.02. The van der Waals surface area contributed by atoms with Gasteiger partial charge in [0.25, 0.3) is 0 Å². The van der Waals surface area contributed by atoms with Crippen LogP contribution in [-0.2, 0) is 17.4 Å². The molecule has 0 saturated heterocycles. The lowest BCUT2D eigenvalue weighted by molar-refractivity contribution is -0.921. The smallest absolute Gasteiger partial charge is 0.0861 e. The molecule has 0 N–H and O–H groups in total. The zero-order valence-corrected chi connectivity index (χ0v) is 14.6. The molecule has 0 aromatic carbocycles. The summed E-state index contributed by atoms with van der Waals surface area (Å²) in [5.74, 6) is 0.661. The van der Waals surface area contributed by atoms with Gasteiger partial charge in [-0.1, -0.05) is 13.8 Å². The van der Waals surface area contributed by atoms with E-state index in [0.717, 1.165) is 6.42 Å². The highest BCUT2D eigenvalue weighted by Crippen LogP contribution is 2.03. The Kier molecular flexibility index (Phi) is 13.7. The van der Waals surface area contributed by atoms with Crippen LogP contribution in [0.5, 0.6) is 0 Å². The van der Waals surface area contributed by atoms with Crippen molar-refractivity contribution >= 4 is 29.2 Å². The van der Waals surface area contributed by atoms with Crippen LogP contribution in [0.2, 0.25) is 0 Å². The van der Waals surface area contributed by atoms with Gasteiger partial charge in [0, 0.05) is 4.38 Å². The lowest BCUT2D eigenvalue weighted by Crippen LogP contribution is -2.47. The highest BCUT2D eigenvalue weighted by atomic mass is 32.1. The molecule has 2 nitrogen and oxygen atoms in total. The van der Waals surface area contributed by atoms with Crippen LogP contribution < -0.4 is 0 Å². The molecule has 0 aliphatic heterocycles. The van der Waals surface area contributed by atoms with E-state index in [0.29, 0.717) is 12.5 Å². The van der Waals surface area contributed by atoms with Gasteiger partial charge in [-0.3, -0.25) is 0 Å². The summed E-state index contributed by atoms with van der Waals surface area (Å²) < 4.78 is 6.41. The first kappa shape index (κ1) is 20.4. The maximum atomic E-state index is 4.90. The van der Waals surface area contributed by atoms with Gasteiger partial charge in [-0.2, -0.15) is 0 Å². The van der Waals surface area contributed by atoms with Crippen molar-refractivity contribution in [3.63, 3.8) is 0 Å². The molecule has 0 aliphatic carbocycles. The Morgan fingerprint density at radius 1 is 1.06 bits per heavy atom. The molecule has 0 aliphatic rings. The molecule has 0 radical (unpaired) electrons. The van der Waals surface area contributed by atoms with Gasteiger partial charge in [0.1, 0.15) is 0 Å². The molecule has 0 atom stereocenters.